The van der Waals surface area contributed by atoms with Gasteiger partial charge in [-0.15, -0.1) is 0 Å². The summed E-state index contributed by atoms with van der Waals surface area (Å²) in [7, 11) is -1.53. The summed E-state index contributed by atoms with van der Waals surface area (Å²) in [6.07, 6.45) is 0.439. The summed E-state index contributed by atoms with van der Waals surface area (Å²) < 4.78 is 29.0. The lowest BCUT2D eigenvalue weighted by Gasteiger charge is -2.29. The summed E-state index contributed by atoms with van der Waals surface area (Å²) in [6, 6.07) is 13.8. The number of hydrogen-bond acceptors (Lipinski definition) is 4. The highest BCUT2D eigenvalue weighted by Crippen LogP contribution is 2.25. The minimum atomic E-state index is -3.12. The number of carbonyl (C=O) groups excluding carboxylic acids is 1. The van der Waals surface area contributed by atoms with Gasteiger partial charge in [-0.05, 0) is 36.2 Å². The monoisotopic (exact) mass is 393 g/mol. The third-order valence-corrected chi connectivity index (χ3v) is 6.61. The molecule has 0 bridgehead atoms. The minimum Gasteiger partial charge on any atom is -0.497 e. The Morgan fingerprint density at radius 1 is 1.19 bits per heavy atom. The largest absolute Gasteiger partial charge is 0.497 e. The van der Waals surface area contributed by atoms with E-state index in [4.69, 9.17) is 16.3 Å². The minimum absolute atomic E-state index is 0.0145. The van der Waals surface area contributed by atoms with Crippen LogP contribution in [0, 0.1) is 0 Å². The average Bonchev–Trinajstić information content (AvgIpc) is 2.99. The van der Waals surface area contributed by atoms with E-state index in [0.717, 1.165) is 11.3 Å². The van der Waals surface area contributed by atoms with Gasteiger partial charge in [-0.25, -0.2) is 8.42 Å². The molecule has 0 saturated carbocycles. The molecule has 1 heterocycles. The maximum atomic E-state index is 13.1. The molecule has 0 radical (unpaired) electrons. The van der Waals surface area contributed by atoms with Gasteiger partial charge in [-0.3, -0.25) is 4.79 Å². The molecule has 0 aromatic heterocycles. The predicted octanol–water partition coefficient (Wildman–Crippen LogP) is 3.18. The zero-order valence-corrected chi connectivity index (χ0v) is 16.0. The molecule has 7 heteroatoms. The smallest absolute Gasteiger partial charge is 0.255 e. The first-order chi connectivity index (χ1) is 12.4. The van der Waals surface area contributed by atoms with Gasteiger partial charge in [0.15, 0.2) is 9.84 Å². The Morgan fingerprint density at radius 3 is 2.46 bits per heavy atom. The van der Waals surface area contributed by atoms with Gasteiger partial charge in [0, 0.05) is 12.6 Å². The fraction of sp³-hybridized carbons (Fsp3) is 0.316. The summed E-state index contributed by atoms with van der Waals surface area (Å²) in [5.41, 5.74) is 1.28. The Morgan fingerprint density at radius 2 is 1.88 bits per heavy atom. The number of methoxy groups -OCH3 is 1. The molecule has 2 aromatic rings. The molecule has 138 valence electrons. The van der Waals surface area contributed by atoms with Crippen LogP contribution in [0.4, 0.5) is 0 Å². The quantitative estimate of drug-likeness (QED) is 0.782. The number of halogens is 1. The summed E-state index contributed by atoms with van der Waals surface area (Å²) >= 11 is 6.19. The van der Waals surface area contributed by atoms with Crippen molar-refractivity contribution < 1.29 is 17.9 Å². The van der Waals surface area contributed by atoms with Crippen LogP contribution in [0.2, 0.25) is 5.02 Å². The van der Waals surface area contributed by atoms with Gasteiger partial charge in [0.2, 0.25) is 0 Å². The molecule has 0 unspecified atom stereocenters. The highest BCUT2D eigenvalue weighted by atomic mass is 35.5. The number of benzene rings is 2. The highest BCUT2D eigenvalue weighted by Gasteiger charge is 2.35. The van der Waals surface area contributed by atoms with Crippen LogP contribution in [0.15, 0.2) is 48.5 Å². The lowest BCUT2D eigenvalue weighted by Crippen LogP contribution is -2.40. The van der Waals surface area contributed by atoms with E-state index in [0.29, 0.717) is 23.6 Å². The van der Waals surface area contributed by atoms with E-state index in [2.05, 4.69) is 0 Å². The number of amides is 1. The zero-order chi connectivity index (χ0) is 18.7. The van der Waals surface area contributed by atoms with E-state index in [-0.39, 0.29) is 23.5 Å². The Bertz CT molecular complexity index is 896. The van der Waals surface area contributed by atoms with E-state index >= 15 is 0 Å². The first kappa shape index (κ1) is 18.7. The predicted molar refractivity (Wildman–Crippen MR) is 101 cm³/mol. The second kappa shape index (κ2) is 7.68. The number of ether oxygens (including phenoxy) is 1. The molecular formula is C19H20ClNO4S. The number of carbonyl (C=O) groups is 1. The summed E-state index contributed by atoms with van der Waals surface area (Å²) in [5.74, 6) is 0.557. The van der Waals surface area contributed by atoms with E-state index in [9.17, 15) is 13.2 Å². The van der Waals surface area contributed by atoms with Crippen LogP contribution in [0.25, 0.3) is 0 Å². The summed E-state index contributed by atoms with van der Waals surface area (Å²) in [6.45, 7) is 0.314. The molecule has 2 aromatic carbocycles. The first-order valence-corrected chi connectivity index (χ1v) is 10.5. The van der Waals surface area contributed by atoms with Crippen molar-refractivity contribution in [1.29, 1.82) is 0 Å². The summed E-state index contributed by atoms with van der Waals surface area (Å²) in [4.78, 5) is 14.7. The molecule has 1 amide bonds. The van der Waals surface area contributed by atoms with Crippen molar-refractivity contribution in [2.45, 2.75) is 19.0 Å². The maximum absolute atomic E-state index is 13.1. The number of sulfone groups is 1. The van der Waals surface area contributed by atoms with E-state index < -0.39 is 9.84 Å². The molecule has 0 N–H and O–H groups in total. The molecule has 0 spiro atoms. The van der Waals surface area contributed by atoms with Gasteiger partial charge in [0.05, 0.1) is 29.2 Å². The zero-order valence-electron chi connectivity index (χ0n) is 14.4. The van der Waals surface area contributed by atoms with E-state index in [1.165, 1.54) is 0 Å². The van der Waals surface area contributed by atoms with Crippen LogP contribution in [0.3, 0.4) is 0 Å². The Labute approximate surface area is 158 Å². The van der Waals surface area contributed by atoms with Crippen molar-refractivity contribution in [1.82, 2.24) is 4.90 Å². The summed E-state index contributed by atoms with van der Waals surface area (Å²) in [5, 5.41) is 0.359. The SMILES string of the molecule is COc1ccc(CN(C(=O)c2ccccc2Cl)[C@@H]2CCS(=O)(=O)C2)cc1. The van der Waals surface area contributed by atoms with Crippen molar-refractivity contribution in [3.63, 3.8) is 0 Å². The van der Waals surface area contributed by atoms with Crippen LogP contribution >= 0.6 is 11.6 Å². The van der Waals surface area contributed by atoms with E-state index in [1.54, 1.807) is 36.3 Å². The molecule has 0 aliphatic carbocycles. The Hall–Kier alpha value is -2.05. The van der Waals surface area contributed by atoms with Gasteiger partial charge < -0.3 is 9.64 Å². The average molecular weight is 394 g/mol. The van der Waals surface area contributed by atoms with Crippen LogP contribution in [0.1, 0.15) is 22.3 Å². The number of nitrogens with zero attached hydrogens (tertiary/aromatic N) is 1. The third-order valence-electron chi connectivity index (χ3n) is 4.53. The van der Waals surface area contributed by atoms with Crippen molar-refractivity contribution >= 4 is 27.3 Å². The van der Waals surface area contributed by atoms with Gasteiger partial charge >= 0.3 is 0 Å². The van der Waals surface area contributed by atoms with Crippen molar-refractivity contribution in [2.75, 3.05) is 18.6 Å². The second-order valence-electron chi connectivity index (χ2n) is 6.32. The maximum Gasteiger partial charge on any atom is 0.255 e. The highest BCUT2D eigenvalue weighted by molar-refractivity contribution is 7.91. The molecule has 5 nitrogen and oxygen atoms in total. The topological polar surface area (TPSA) is 63.7 Å². The molecular weight excluding hydrogens is 374 g/mol. The molecule has 1 atom stereocenters. The van der Waals surface area contributed by atoms with Crippen molar-refractivity contribution in [3.8, 4) is 5.75 Å². The van der Waals surface area contributed by atoms with Crippen LogP contribution < -0.4 is 4.74 Å². The normalized spacial score (nSPS) is 18.5. The lowest BCUT2D eigenvalue weighted by molar-refractivity contribution is 0.0681. The van der Waals surface area contributed by atoms with Crippen LogP contribution in [-0.2, 0) is 16.4 Å². The standard InChI is InChI=1S/C19H20ClNO4S/c1-25-16-8-6-14(7-9-16)12-21(15-10-11-26(23,24)13-15)19(22)17-4-2-3-5-18(17)20/h2-9,15H,10-13H2,1H3/t15-/m1/s1. The lowest BCUT2D eigenvalue weighted by atomic mass is 10.1. The fourth-order valence-corrected chi connectivity index (χ4v) is 5.05. The van der Waals surface area contributed by atoms with Gasteiger partial charge in [0.25, 0.3) is 5.91 Å². The Balaban J connectivity index is 1.91. The van der Waals surface area contributed by atoms with E-state index in [1.807, 2.05) is 24.3 Å². The number of hydrogen-bond donors (Lipinski definition) is 0. The Kier molecular flexibility index (Phi) is 5.53. The third kappa shape index (κ3) is 4.19. The molecule has 1 fully saturated rings. The number of rotatable bonds is 5. The van der Waals surface area contributed by atoms with Crippen LogP contribution in [0.5, 0.6) is 5.75 Å². The molecule has 1 aliphatic rings. The van der Waals surface area contributed by atoms with Crippen molar-refractivity contribution in [2.24, 2.45) is 0 Å². The molecule has 26 heavy (non-hydrogen) atoms. The molecule has 1 aliphatic heterocycles. The molecule has 1 saturated heterocycles. The molecule has 3 rings (SSSR count). The fourth-order valence-electron chi connectivity index (χ4n) is 3.10. The van der Waals surface area contributed by atoms with Gasteiger partial charge in [-0.1, -0.05) is 35.9 Å². The first-order valence-electron chi connectivity index (χ1n) is 8.28. The van der Waals surface area contributed by atoms with Crippen LogP contribution in [-0.4, -0.2) is 43.9 Å². The van der Waals surface area contributed by atoms with Gasteiger partial charge in [-0.2, -0.15) is 0 Å². The van der Waals surface area contributed by atoms with Crippen molar-refractivity contribution in [3.05, 3.63) is 64.7 Å². The van der Waals surface area contributed by atoms with Gasteiger partial charge in [0.1, 0.15) is 5.75 Å². The second-order valence-corrected chi connectivity index (χ2v) is 8.95.